The Labute approximate surface area is 328 Å². The molecule has 0 spiro atoms. The molecule has 0 bridgehead atoms. The number of benzene rings is 6. The summed E-state index contributed by atoms with van der Waals surface area (Å²) in [6, 6.07) is 43.7. The number of urea groups is 2. The third kappa shape index (κ3) is 11.6. The molecule has 288 valence electrons. The molecule has 6 aromatic carbocycles. The molecule has 0 radical (unpaired) electrons. The molecule has 0 aliphatic heterocycles. The molecule has 2 N–H and O–H groups in total. The van der Waals surface area contributed by atoms with Gasteiger partial charge in [-0.15, -0.1) is 0 Å². The van der Waals surface area contributed by atoms with Gasteiger partial charge in [0.25, 0.3) is 11.4 Å². The van der Waals surface area contributed by atoms with Gasteiger partial charge in [0.15, 0.2) is 0 Å². The Balaban J connectivity index is 1.13. The first-order valence-electron chi connectivity index (χ1n) is 17.9. The number of ether oxygens (including phenoxy) is 2. The molecule has 14 heteroatoms. The van der Waals surface area contributed by atoms with Crippen LogP contribution in [0.1, 0.15) is 17.5 Å². The number of nitrogens with zero attached hydrogens (tertiary/aromatic N) is 4. The van der Waals surface area contributed by atoms with Crippen LogP contribution in [0.5, 0.6) is 23.0 Å². The normalized spacial score (nSPS) is 10.5. The Bertz CT molecular complexity index is 2090. The lowest BCUT2D eigenvalue weighted by atomic mass is 10.2. The standard InChI is InChI=1S/C43H38N6O8/c50-42(44-34-8-3-1-4-9-34)46(30-32-12-20-38(21-13-32)56-40-24-16-36(17-25-40)48(52)53)28-7-29-47(43(51)45-35-10-5-2-6-11-35)31-33-14-22-39(23-15-33)57-41-26-18-37(19-27-41)49(54)55/h1-6,8-27H,7,28-31H2,(H,44,50)(H,45,51). The van der Waals surface area contributed by atoms with Crippen LogP contribution in [-0.4, -0.2) is 44.8 Å². The molecule has 0 aromatic heterocycles. The number of non-ortho nitro benzene ring substituents is 2. The van der Waals surface area contributed by atoms with Crippen molar-refractivity contribution in [2.24, 2.45) is 0 Å². The maximum Gasteiger partial charge on any atom is 0.322 e. The van der Waals surface area contributed by atoms with Crippen LogP contribution in [0.25, 0.3) is 0 Å². The molecule has 0 saturated heterocycles. The molecule has 6 rings (SSSR count). The summed E-state index contributed by atoms with van der Waals surface area (Å²) in [5, 5.41) is 27.9. The van der Waals surface area contributed by atoms with E-state index in [-0.39, 0.29) is 36.5 Å². The van der Waals surface area contributed by atoms with Gasteiger partial charge in [-0.2, -0.15) is 0 Å². The lowest BCUT2D eigenvalue weighted by Gasteiger charge is -2.27. The van der Waals surface area contributed by atoms with Crippen molar-refractivity contribution < 1.29 is 28.9 Å². The maximum atomic E-state index is 13.7. The molecule has 57 heavy (non-hydrogen) atoms. The molecular formula is C43H38N6O8. The van der Waals surface area contributed by atoms with Crippen molar-refractivity contribution in [2.45, 2.75) is 19.5 Å². The minimum Gasteiger partial charge on any atom is -0.457 e. The number of nitrogens with one attached hydrogen (secondary N) is 2. The Morgan fingerprint density at radius 2 is 0.789 bits per heavy atom. The Kier molecular flexibility index (Phi) is 13.0. The van der Waals surface area contributed by atoms with E-state index in [2.05, 4.69) is 10.6 Å². The zero-order valence-electron chi connectivity index (χ0n) is 30.6. The lowest BCUT2D eigenvalue weighted by Crippen LogP contribution is -2.39. The van der Waals surface area contributed by atoms with Gasteiger partial charge >= 0.3 is 12.1 Å². The number of para-hydroxylation sites is 2. The van der Waals surface area contributed by atoms with E-state index in [4.69, 9.17) is 9.47 Å². The van der Waals surface area contributed by atoms with Gasteiger partial charge in [0, 0.05) is 61.8 Å². The van der Waals surface area contributed by atoms with Crippen LogP contribution in [0.15, 0.2) is 158 Å². The number of hydrogen-bond acceptors (Lipinski definition) is 8. The Morgan fingerprint density at radius 3 is 1.11 bits per heavy atom. The maximum absolute atomic E-state index is 13.7. The largest absolute Gasteiger partial charge is 0.457 e. The number of hydrogen-bond donors (Lipinski definition) is 2. The summed E-state index contributed by atoms with van der Waals surface area (Å²) in [7, 11) is 0. The summed E-state index contributed by atoms with van der Waals surface area (Å²) in [6.45, 7) is 1.17. The smallest absolute Gasteiger partial charge is 0.322 e. The minimum atomic E-state index is -0.474. The van der Waals surface area contributed by atoms with E-state index in [0.717, 1.165) is 11.1 Å². The van der Waals surface area contributed by atoms with Crippen LogP contribution < -0.4 is 20.1 Å². The number of rotatable bonds is 16. The molecule has 0 heterocycles. The van der Waals surface area contributed by atoms with Crippen LogP contribution in [0.4, 0.5) is 32.3 Å². The van der Waals surface area contributed by atoms with Crippen molar-refractivity contribution in [1.29, 1.82) is 0 Å². The summed E-state index contributed by atoms with van der Waals surface area (Å²) in [5.74, 6) is 1.95. The fraction of sp³-hybridized carbons (Fsp3) is 0.116. The van der Waals surface area contributed by atoms with Crippen LogP contribution >= 0.6 is 0 Å². The third-order valence-corrected chi connectivity index (χ3v) is 8.64. The van der Waals surface area contributed by atoms with E-state index in [1.54, 1.807) is 58.3 Å². The molecule has 0 aliphatic rings. The first-order chi connectivity index (χ1) is 27.7. The topological polar surface area (TPSA) is 169 Å². The number of amides is 4. The van der Waals surface area contributed by atoms with Crippen molar-refractivity contribution in [1.82, 2.24) is 9.80 Å². The van der Waals surface area contributed by atoms with Gasteiger partial charge in [-0.3, -0.25) is 20.2 Å². The van der Waals surface area contributed by atoms with Gasteiger partial charge in [-0.25, -0.2) is 9.59 Å². The molecule has 0 unspecified atom stereocenters. The summed E-state index contributed by atoms with van der Waals surface area (Å²) in [4.78, 5) is 51.7. The highest BCUT2D eigenvalue weighted by atomic mass is 16.6. The van der Waals surface area contributed by atoms with Crippen LogP contribution in [0.3, 0.4) is 0 Å². The third-order valence-electron chi connectivity index (χ3n) is 8.64. The highest BCUT2D eigenvalue weighted by Crippen LogP contribution is 2.26. The van der Waals surface area contributed by atoms with Gasteiger partial charge in [-0.1, -0.05) is 60.7 Å². The van der Waals surface area contributed by atoms with Gasteiger partial charge < -0.3 is 29.9 Å². The average molecular weight is 767 g/mol. The highest BCUT2D eigenvalue weighted by Gasteiger charge is 2.19. The number of carbonyl (C=O) groups is 2. The molecule has 0 saturated carbocycles. The Hall–Kier alpha value is -7.74. The van der Waals surface area contributed by atoms with Gasteiger partial charge in [0.2, 0.25) is 0 Å². The molecule has 6 aromatic rings. The van der Waals surface area contributed by atoms with Gasteiger partial charge in [0.05, 0.1) is 9.85 Å². The molecule has 14 nitrogen and oxygen atoms in total. The Morgan fingerprint density at radius 1 is 0.474 bits per heavy atom. The first kappa shape index (κ1) is 39.0. The first-order valence-corrected chi connectivity index (χ1v) is 17.9. The fourth-order valence-electron chi connectivity index (χ4n) is 5.72. The van der Waals surface area contributed by atoms with Crippen molar-refractivity contribution in [2.75, 3.05) is 23.7 Å². The summed E-state index contributed by atoms with van der Waals surface area (Å²) in [6.07, 6.45) is 0.451. The van der Waals surface area contributed by atoms with Gasteiger partial charge in [0.1, 0.15) is 23.0 Å². The number of carbonyl (C=O) groups excluding carboxylic acids is 2. The second-order valence-electron chi connectivity index (χ2n) is 12.8. The minimum absolute atomic E-state index is 0.0333. The second-order valence-corrected chi connectivity index (χ2v) is 12.8. The van der Waals surface area contributed by atoms with E-state index in [1.807, 2.05) is 60.7 Å². The van der Waals surface area contributed by atoms with Crippen molar-refractivity contribution in [3.05, 3.63) is 189 Å². The molecule has 0 aliphatic carbocycles. The van der Waals surface area contributed by atoms with Gasteiger partial charge in [-0.05, 0) is 90.3 Å². The number of nitro groups is 2. The summed E-state index contributed by atoms with van der Waals surface area (Å²) in [5.41, 5.74) is 2.89. The van der Waals surface area contributed by atoms with E-state index in [0.29, 0.717) is 53.9 Å². The number of anilines is 2. The predicted molar refractivity (Wildman–Crippen MR) is 216 cm³/mol. The second kappa shape index (κ2) is 19.0. The zero-order chi connectivity index (χ0) is 40.0. The van der Waals surface area contributed by atoms with E-state index >= 15 is 0 Å². The van der Waals surface area contributed by atoms with E-state index < -0.39 is 9.85 Å². The molecular weight excluding hydrogens is 729 g/mol. The van der Waals surface area contributed by atoms with E-state index in [1.165, 1.54) is 48.5 Å². The monoisotopic (exact) mass is 766 g/mol. The highest BCUT2D eigenvalue weighted by molar-refractivity contribution is 5.90. The summed E-state index contributed by atoms with van der Waals surface area (Å²) >= 11 is 0. The van der Waals surface area contributed by atoms with Crippen molar-refractivity contribution in [3.8, 4) is 23.0 Å². The van der Waals surface area contributed by atoms with E-state index in [9.17, 15) is 29.8 Å². The predicted octanol–water partition coefficient (Wildman–Crippen LogP) is 10.2. The molecule has 0 fully saturated rings. The molecule has 4 amide bonds. The van der Waals surface area contributed by atoms with Crippen LogP contribution in [-0.2, 0) is 13.1 Å². The lowest BCUT2D eigenvalue weighted by molar-refractivity contribution is -0.385. The van der Waals surface area contributed by atoms with Crippen LogP contribution in [0.2, 0.25) is 0 Å². The van der Waals surface area contributed by atoms with Crippen molar-refractivity contribution in [3.63, 3.8) is 0 Å². The summed E-state index contributed by atoms with van der Waals surface area (Å²) < 4.78 is 11.7. The average Bonchev–Trinajstić information content (AvgIpc) is 3.22. The SMILES string of the molecule is O=C(Nc1ccccc1)N(CCCN(Cc1ccc(Oc2ccc([N+](=O)[O-])cc2)cc1)C(=O)Nc1ccccc1)Cc1ccc(Oc2ccc([N+](=O)[O-])cc2)cc1. The van der Waals surface area contributed by atoms with Crippen LogP contribution in [0, 0.1) is 20.2 Å². The van der Waals surface area contributed by atoms with Crippen molar-refractivity contribution >= 4 is 34.8 Å². The quantitative estimate of drug-likeness (QED) is 0.0724. The fourth-order valence-corrected chi connectivity index (χ4v) is 5.72. The zero-order valence-corrected chi connectivity index (χ0v) is 30.6. The number of nitro benzene ring substituents is 2. The molecule has 0 atom stereocenters.